The lowest BCUT2D eigenvalue weighted by Gasteiger charge is -1.90. The highest BCUT2D eigenvalue weighted by Crippen LogP contribution is 2.29. The van der Waals surface area contributed by atoms with Crippen LogP contribution in [-0.2, 0) is 9.53 Å². The molecule has 0 N–H and O–H groups in total. The van der Waals surface area contributed by atoms with E-state index in [1.807, 2.05) is 0 Å². The van der Waals surface area contributed by atoms with Crippen LogP contribution in [0.4, 0.5) is 0 Å². The van der Waals surface area contributed by atoms with E-state index in [2.05, 4.69) is 17.9 Å². The number of hydrogen-bond donors (Lipinski definition) is 0. The van der Waals surface area contributed by atoms with Crippen molar-refractivity contribution in [2.24, 2.45) is 5.92 Å². The third-order valence-corrected chi connectivity index (χ3v) is 1.11. The van der Waals surface area contributed by atoms with Crippen LogP contribution in [0.15, 0.2) is 25.0 Å². The molecule has 0 spiro atoms. The van der Waals surface area contributed by atoms with Gasteiger partial charge in [-0.15, -0.1) is 0 Å². The van der Waals surface area contributed by atoms with Gasteiger partial charge in [-0.05, 0) is 18.4 Å². The molecule has 1 aliphatic rings. The van der Waals surface area contributed by atoms with Gasteiger partial charge in [0.1, 0.15) is 0 Å². The van der Waals surface area contributed by atoms with Crippen LogP contribution in [0.5, 0.6) is 0 Å². The van der Waals surface area contributed by atoms with E-state index in [0.717, 1.165) is 12.8 Å². The van der Waals surface area contributed by atoms with E-state index in [1.165, 1.54) is 11.8 Å². The maximum Gasteiger partial charge on any atom is 0.313 e. The molecule has 0 aromatic heterocycles. The highest BCUT2D eigenvalue weighted by Gasteiger charge is 2.30. The summed E-state index contributed by atoms with van der Waals surface area (Å²) in [7, 11) is 0. The van der Waals surface area contributed by atoms with Crippen molar-refractivity contribution in [2.75, 3.05) is 0 Å². The molecule has 1 rings (SSSR count). The number of rotatable bonds is 2. The van der Waals surface area contributed by atoms with E-state index in [-0.39, 0.29) is 11.9 Å². The lowest BCUT2D eigenvalue weighted by Crippen LogP contribution is -2.00. The second kappa shape index (κ2) is 5.98. The molecule has 0 heterocycles. The van der Waals surface area contributed by atoms with Crippen molar-refractivity contribution in [3.8, 4) is 0 Å². The molecule has 0 aromatic rings. The van der Waals surface area contributed by atoms with Crippen LogP contribution in [0, 0.1) is 5.92 Å². The monoisotopic (exact) mass is 174 g/mol. The maximum atomic E-state index is 10.5. The average Bonchev–Trinajstić information content (AvgIpc) is 2.70. The largest absolute Gasteiger partial charge is 0.435 e. The van der Waals surface area contributed by atoms with Crippen molar-refractivity contribution in [2.45, 2.75) is 12.8 Å². The van der Waals surface area contributed by atoms with Gasteiger partial charge in [0.2, 0.25) is 0 Å². The number of carbonyl (C=O) groups is 1. The molecule has 0 amide bonds. The predicted octanol–water partition coefficient (Wildman–Crippen LogP) is 2.45. The van der Waals surface area contributed by atoms with Gasteiger partial charge < -0.3 is 4.74 Å². The Morgan fingerprint density at radius 2 is 2.00 bits per heavy atom. The van der Waals surface area contributed by atoms with Crippen molar-refractivity contribution in [1.82, 2.24) is 0 Å². The number of esters is 1. The first kappa shape index (κ1) is 10.2. The van der Waals surface area contributed by atoms with Gasteiger partial charge in [-0.25, -0.2) is 0 Å². The summed E-state index contributed by atoms with van der Waals surface area (Å²) in [5.41, 5.74) is 1.22. The van der Waals surface area contributed by atoms with E-state index in [0.29, 0.717) is 0 Å². The molecule has 2 nitrogen and oxygen atoms in total. The Hall–Kier alpha value is -0.760. The zero-order valence-electron chi connectivity index (χ0n) is 6.25. The summed E-state index contributed by atoms with van der Waals surface area (Å²) >= 11 is 4.76. The summed E-state index contributed by atoms with van der Waals surface area (Å²) in [5, 5.41) is 0. The zero-order chi connectivity index (χ0) is 8.69. The first-order valence-electron chi connectivity index (χ1n) is 3.28. The molecule has 3 heteroatoms. The molecule has 11 heavy (non-hydrogen) atoms. The van der Waals surface area contributed by atoms with Crippen molar-refractivity contribution in [3.05, 3.63) is 25.0 Å². The van der Waals surface area contributed by atoms with E-state index in [4.69, 9.17) is 11.6 Å². The standard InChI is InChI=1S/C6H8O2.C2H3Cl/c1-2-8-6(7)5-3-4-5;1-2-3/h2,5H,1,3-4H2;2H,1H2. The molecule has 0 atom stereocenters. The molecule has 0 radical (unpaired) electrons. The fraction of sp³-hybridized carbons (Fsp3) is 0.375. The Bertz CT molecular complexity index is 150. The number of halogens is 1. The second-order valence-electron chi connectivity index (χ2n) is 2.03. The normalized spacial score (nSPS) is 13.9. The molecule has 0 bridgehead atoms. The van der Waals surface area contributed by atoms with Crippen molar-refractivity contribution >= 4 is 17.6 Å². The summed E-state index contributed by atoms with van der Waals surface area (Å²) in [4.78, 5) is 10.5. The molecule has 1 fully saturated rings. The number of carbonyl (C=O) groups excluding carboxylic acids is 1. The van der Waals surface area contributed by atoms with Crippen molar-refractivity contribution < 1.29 is 9.53 Å². The van der Waals surface area contributed by atoms with Gasteiger partial charge in [0.25, 0.3) is 0 Å². The lowest BCUT2D eigenvalue weighted by atomic mass is 10.4. The molecule has 0 saturated heterocycles. The first-order chi connectivity index (χ1) is 5.26. The van der Waals surface area contributed by atoms with Crippen LogP contribution >= 0.6 is 11.6 Å². The third kappa shape index (κ3) is 5.67. The van der Waals surface area contributed by atoms with Crippen LogP contribution in [0.3, 0.4) is 0 Å². The second-order valence-corrected chi connectivity index (χ2v) is 2.34. The van der Waals surface area contributed by atoms with Crippen LogP contribution in [0.2, 0.25) is 0 Å². The molecule has 0 aliphatic heterocycles. The van der Waals surface area contributed by atoms with E-state index in [9.17, 15) is 4.79 Å². The van der Waals surface area contributed by atoms with Gasteiger partial charge in [-0.1, -0.05) is 24.8 Å². The fourth-order valence-electron chi connectivity index (χ4n) is 0.497. The van der Waals surface area contributed by atoms with Crippen molar-refractivity contribution in [3.63, 3.8) is 0 Å². The summed E-state index contributed by atoms with van der Waals surface area (Å²) in [6.45, 7) is 6.39. The third-order valence-electron chi connectivity index (χ3n) is 1.11. The van der Waals surface area contributed by atoms with Gasteiger partial charge in [0.05, 0.1) is 12.2 Å². The summed E-state index contributed by atoms with van der Waals surface area (Å²) < 4.78 is 4.49. The maximum absolute atomic E-state index is 10.5. The SMILES string of the molecule is C=CCl.C=COC(=O)C1CC1. The van der Waals surface area contributed by atoms with Gasteiger partial charge >= 0.3 is 5.97 Å². The fourth-order valence-corrected chi connectivity index (χ4v) is 0.497. The number of hydrogen-bond acceptors (Lipinski definition) is 2. The summed E-state index contributed by atoms with van der Waals surface area (Å²) in [5.74, 6) is 0.0630. The zero-order valence-corrected chi connectivity index (χ0v) is 7.01. The minimum absolute atomic E-state index is 0.125. The topological polar surface area (TPSA) is 26.3 Å². The van der Waals surface area contributed by atoms with E-state index < -0.39 is 0 Å². The van der Waals surface area contributed by atoms with Gasteiger partial charge in [-0.2, -0.15) is 0 Å². The molecular formula is C8H11ClO2. The molecule has 1 saturated carbocycles. The Kier molecular flexibility index (Phi) is 5.57. The molecule has 62 valence electrons. The minimum Gasteiger partial charge on any atom is -0.435 e. The molecule has 0 aromatic carbocycles. The predicted molar refractivity (Wildman–Crippen MR) is 45.1 cm³/mol. The van der Waals surface area contributed by atoms with Crippen LogP contribution < -0.4 is 0 Å². The molecule has 1 aliphatic carbocycles. The van der Waals surface area contributed by atoms with Crippen molar-refractivity contribution in [1.29, 1.82) is 0 Å². The quantitative estimate of drug-likeness (QED) is 0.475. The van der Waals surface area contributed by atoms with Gasteiger partial charge in [0.15, 0.2) is 0 Å². The van der Waals surface area contributed by atoms with Gasteiger partial charge in [0, 0.05) is 0 Å². The summed E-state index contributed by atoms with van der Waals surface area (Å²) in [6, 6.07) is 0. The molecular weight excluding hydrogens is 164 g/mol. The highest BCUT2D eigenvalue weighted by molar-refractivity contribution is 6.25. The highest BCUT2D eigenvalue weighted by atomic mass is 35.5. The van der Waals surface area contributed by atoms with E-state index >= 15 is 0 Å². The van der Waals surface area contributed by atoms with Crippen LogP contribution in [0.1, 0.15) is 12.8 Å². The Morgan fingerprint density at radius 1 is 1.55 bits per heavy atom. The van der Waals surface area contributed by atoms with Crippen LogP contribution in [0.25, 0.3) is 0 Å². The Labute approximate surface area is 71.5 Å². The lowest BCUT2D eigenvalue weighted by molar-refractivity contribution is -0.139. The molecule has 0 unspecified atom stereocenters. The first-order valence-corrected chi connectivity index (χ1v) is 3.72. The smallest absolute Gasteiger partial charge is 0.313 e. The van der Waals surface area contributed by atoms with Crippen LogP contribution in [-0.4, -0.2) is 5.97 Å². The Balaban J connectivity index is 0.000000292. The number of ether oxygens (including phenoxy) is 1. The minimum atomic E-state index is -0.125. The average molecular weight is 175 g/mol. The summed E-state index contributed by atoms with van der Waals surface area (Å²) in [6.07, 6.45) is 3.17. The van der Waals surface area contributed by atoms with Gasteiger partial charge in [-0.3, -0.25) is 4.79 Å². The van der Waals surface area contributed by atoms with E-state index in [1.54, 1.807) is 0 Å². The Morgan fingerprint density at radius 3 is 2.27 bits per heavy atom.